The molecule has 1 aromatic rings. The van der Waals surface area contributed by atoms with Crippen LogP contribution in [0, 0.1) is 23.7 Å². The topological polar surface area (TPSA) is 82.1 Å². The number of ether oxygens (including phenoxy) is 3. The number of rotatable bonds is 6. The number of esters is 2. The van der Waals surface area contributed by atoms with E-state index in [9.17, 15) is 14.7 Å². The van der Waals surface area contributed by atoms with Gasteiger partial charge in [0, 0.05) is 18.4 Å². The molecule has 0 spiro atoms. The molecule has 1 aromatic carbocycles. The summed E-state index contributed by atoms with van der Waals surface area (Å²) in [7, 11) is 0. The zero-order valence-electron chi connectivity index (χ0n) is 20.9. The molecule has 35 heavy (non-hydrogen) atoms. The minimum atomic E-state index is -0.675. The highest BCUT2D eigenvalue weighted by Crippen LogP contribution is 2.64. The fraction of sp³-hybridized carbons (Fsp3) is 0.655. The van der Waals surface area contributed by atoms with Crippen LogP contribution in [0.3, 0.4) is 0 Å². The molecule has 7 atom stereocenters. The molecule has 0 amide bonds. The normalized spacial score (nSPS) is 38.9. The lowest BCUT2D eigenvalue weighted by Gasteiger charge is -2.54. The number of benzene rings is 1. The Morgan fingerprint density at radius 3 is 2.54 bits per heavy atom. The Labute approximate surface area is 208 Å². The summed E-state index contributed by atoms with van der Waals surface area (Å²) >= 11 is 0. The highest BCUT2D eigenvalue weighted by Gasteiger charge is 2.73. The van der Waals surface area contributed by atoms with Crippen molar-refractivity contribution in [3.8, 4) is 0 Å². The van der Waals surface area contributed by atoms with Crippen molar-refractivity contribution in [2.24, 2.45) is 23.7 Å². The van der Waals surface area contributed by atoms with Crippen molar-refractivity contribution in [1.29, 1.82) is 0 Å². The summed E-state index contributed by atoms with van der Waals surface area (Å²) in [6, 6.07) is 9.73. The fourth-order valence-corrected chi connectivity index (χ4v) is 7.73. The summed E-state index contributed by atoms with van der Waals surface area (Å²) in [5.74, 6) is -0.0536. The SMILES string of the molecule is C[C@@H]1CC[C@@H]2[C@@H]1[C@H](OC(=O)/C=C/c1ccccc1)[C@]1(C3CCCCC3)C[C@@H](OC(=O)CO)[C@@]2(C)O1. The average molecular weight is 483 g/mol. The van der Waals surface area contributed by atoms with Crippen LogP contribution in [0.5, 0.6) is 0 Å². The summed E-state index contributed by atoms with van der Waals surface area (Å²) in [5, 5.41) is 9.39. The first-order valence-electron chi connectivity index (χ1n) is 13.3. The molecular weight excluding hydrogens is 444 g/mol. The fourth-order valence-electron chi connectivity index (χ4n) is 7.73. The van der Waals surface area contributed by atoms with Gasteiger partial charge in [-0.05, 0) is 62.0 Å². The average Bonchev–Trinajstić information content (AvgIpc) is 3.39. The lowest BCUT2D eigenvalue weighted by Crippen LogP contribution is -2.63. The summed E-state index contributed by atoms with van der Waals surface area (Å²) < 4.78 is 19.2. The molecule has 2 aliphatic heterocycles. The summed E-state index contributed by atoms with van der Waals surface area (Å²) in [6.45, 7) is 3.69. The lowest BCUT2D eigenvalue weighted by molar-refractivity contribution is -0.270. The molecule has 190 valence electrons. The quantitative estimate of drug-likeness (QED) is 0.468. The maximum absolute atomic E-state index is 13.2. The van der Waals surface area contributed by atoms with Crippen LogP contribution in [0.25, 0.3) is 6.08 Å². The number of carbonyl (C=O) groups is 2. The van der Waals surface area contributed by atoms with Gasteiger partial charge in [0.2, 0.25) is 0 Å². The van der Waals surface area contributed by atoms with Crippen molar-refractivity contribution < 1.29 is 28.9 Å². The van der Waals surface area contributed by atoms with Gasteiger partial charge in [-0.2, -0.15) is 0 Å². The second-order valence-corrected chi connectivity index (χ2v) is 11.3. The van der Waals surface area contributed by atoms with Crippen molar-refractivity contribution in [2.75, 3.05) is 6.61 Å². The van der Waals surface area contributed by atoms with E-state index in [1.165, 1.54) is 12.5 Å². The van der Waals surface area contributed by atoms with Crippen LogP contribution in [0.4, 0.5) is 0 Å². The van der Waals surface area contributed by atoms with Crippen molar-refractivity contribution in [3.05, 3.63) is 42.0 Å². The Balaban J connectivity index is 1.50. The second kappa shape index (κ2) is 9.70. The van der Waals surface area contributed by atoms with E-state index in [-0.39, 0.29) is 29.8 Å². The van der Waals surface area contributed by atoms with Crippen LogP contribution in [-0.2, 0) is 23.8 Å². The van der Waals surface area contributed by atoms with Crippen molar-refractivity contribution in [2.45, 2.75) is 88.6 Å². The standard InChI is InChI=1S/C29H38O6/c1-19-13-15-22-26(19)27(34-24(31)16-14-20-9-5-3-6-10-20)29(21-11-7-4-8-12-21)17-23(28(22,2)35-29)33-25(32)18-30/h3,5-6,9-10,14,16,19,21-23,26-27,30H,4,7-8,11-13,15,17-18H2,1-2H3/b16-14+/t19-,22-,23-,26-,27+,28+,29-/m1/s1. The van der Waals surface area contributed by atoms with Gasteiger partial charge in [-0.1, -0.05) is 56.5 Å². The molecular formula is C29H38O6. The molecule has 2 aliphatic carbocycles. The van der Waals surface area contributed by atoms with Gasteiger partial charge in [-0.3, -0.25) is 0 Å². The number of hydrogen-bond donors (Lipinski definition) is 1. The van der Waals surface area contributed by atoms with Crippen LogP contribution in [0.15, 0.2) is 36.4 Å². The monoisotopic (exact) mass is 482 g/mol. The molecule has 2 bridgehead atoms. The van der Waals surface area contributed by atoms with Gasteiger partial charge in [0.05, 0.1) is 0 Å². The van der Waals surface area contributed by atoms with Gasteiger partial charge in [-0.15, -0.1) is 0 Å². The van der Waals surface area contributed by atoms with E-state index in [1.54, 1.807) is 6.08 Å². The molecule has 2 heterocycles. The third kappa shape index (κ3) is 4.33. The Kier molecular flexibility index (Phi) is 6.79. The molecule has 6 nitrogen and oxygen atoms in total. The number of aliphatic hydroxyl groups excluding tert-OH is 1. The largest absolute Gasteiger partial charge is 0.457 e. The van der Waals surface area contributed by atoms with Crippen LogP contribution >= 0.6 is 0 Å². The molecule has 0 radical (unpaired) electrons. The summed E-state index contributed by atoms with van der Waals surface area (Å²) in [6.07, 6.45) is 10.5. The zero-order chi connectivity index (χ0) is 24.6. The van der Waals surface area contributed by atoms with Crippen LogP contribution in [-0.4, -0.2) is 47.1 Å². The third-order valence-corrected chi connectivity index (χ3v) is 9.33. The molecule has 0 unspecified atom stereocenters. The Morgan fingerprint density at radius 1 is 1.09 bits per heavy atom. The molecule has 5 rings (SSSR count). The van der Waals surface area contributed by atoms with E-state index >= 15 is 0 Å². The van der Waals surface area contributed by atoms with E-state index in [0.29, 0.717) is 12.3 Å². The summed E-state index contributed by atoms with van der Waals surface area (Å²) in [5.41, 5.74) is -0.366. The predicted octanol–water partition coefficient (Wildman–Crippen LogP) is 4.69. The highest BCUT2D eigenvalue weighted by atomic mass is 16.6. The van der Waals surface area contributed by atoms with Crippen LogP contribution in [0.1, 0.15) is 70.8 Å². The molecule has 0 aromatic heterocycles. The molecule has 6 heteroatoms. The van der Waals surface area contributed by atoms with E-state index in [0.717, 1.165) is 44.1 Å². The van der Waals surface area contributed by atoms with E-state index in [1.807, 2.05) is 30.3 Å². The molecule has 1 N–H and O–H groups in total. The summed E-state index contributed by atoms with van der Waals surface area (Å²) in [4.78, 5) is 25.4. The first-order valence-corrected chi connectivity index (χ1v) is 13.3. The predicted molar refractivity (Wildman–Crippen MR) is 131 cm³/mol. The first-order chi connectivity index (χ1) is 16.9. The molecule has 2 saturated heterocycles. The number of carbonyl (C=O) groups excluding carboxylic acids is 2. The Hall–Kier alpha value is -2.18. The van der Waals surface area contributed by atoms with Crippen molar-refractivity contribution in [1.82, 2.24) is 0 Å². The maximum atomic E-state index is 13.2. The van der Waals surface area contributed by atoms with E-state index in [2.05, 4.69) is 13.8 Å². The zero-order valence-corrected chi connectivity index (χ0v) is 20.9. The van der Waals surface area contributed by atoms with E-state index < -0.39 is 29.9 Å². The highest BCUT2D eigenvalue weighted by molar-refractivity contribution is 5.87. The number of aliphatic hydroxyl groups is 1. The van der Waals surface area contributed by atoms with E-state index in [4.69, 9.17) is 14.2 Å². The Bertz CT molecular complexity index is 953. The van der Waals surface area contributed by atoms with Gasteiger partial charge in [-0.25, -0.2) is 9.59 Å². The maximum Gasteiger partial charge on any atom is 0.332 e. The van der Waals surface area contributed by atoms with Crippen molar-refractivity contribution >= 4 is 18.0 Å². The van der Waals surface area contributed by atoms with Crippen LogP contribution < -0.4 is 0 Å². The first kappa shape index (κ1) is 24.5. The molecule has 2 saturated carbocycles. The minimum Gasteiger partial charge on any atom is -0.457 e. The van der Waals surface area contributed by atoms with Gasteiger partial charge in [0.15, 0.2) is 0 Å². The lowest BCUT2D eigenvalue weighted by atomic mass is 9.66. The number of fused-ring (bicyclic) bond motifs is 4. The van der Waals surface area contributed by atoms with Gasteiger partial charge >= 0.3 is 11.9 Å². The Morgan fingerprint density at radius 2 is 1.83 bits per heavy atom. The minimum absolute atomic E-state index is 0.129. The molecule has 4 fully saturated rings. The second-order valence-electron chi connectivity index (χ2n) is 11.3. The van der Waals surface area contributed by atoms with Crippen molar-refractivity contribution in [3.63, 3.8) is 0 Å². The third-order valence-electron chi connectivity index (χ3n) is 9.33. The smallest absolute Gasteiger partial charge is 0.332 e. The van der Waals surface area contributed by atoms with Gasteiger partial charge in [0.1, 0.15) is 30.0 Å². The molecule has 4 aliphatic rings. The number of hydrogen-bond acceptors (Lipinski definition) is 6. The van der Waals surface area contributed by atoms with Gasteiger partial charge in [0.25, 0.3) is 0 Å². The van der Waals surface area contributed by atoms with Crippen LogP contribution in [0.2, 0.25) is 0 Å². The van der Waals surface area contributed by atoms with Gasteiger partial charge < -0.3 is 19.3 Å².